The summed E-state index contributed by atoms with van der Waals surface area (Å²) in [5.74, 6) is -3.56. The van der Waals surface area contributed by atoms with Crippen molar-refractivity contribution in [3.63, 3.8) is 0 Å². The first-order chi connectivity index (χ1) is 68.4. The van der Waals surface area contributed by atoms with Crippen LogP contribution in [-0.2, 0) is 103 Å². The van der Waals surface area contributed by atoms with Crippen molar-refractivity contribution in [2.24, 2.45) is 62.0 Å². The second-order valence-corrected chi connectivity index (χ2v) is 41.0. The summed E-state index contributed by atoms with van der Waals surface area (Å²) in [7, 11) is -16.6. The zero-order valence-electron chi connectivity index (χ0n) is 76.1. The Morgan fingerprint density at radius 2 is 0.993 bits per heavy atom. The number of carbonyl (C=O) groups excluding carboxylic acids is 4. The topological polar surface area (TPSA) is 643 Å². The molecule has 4 aliphatic carbocycles. The van der Waals surface area contributed by atoms with Crippen molar-refractivity contribution < 1.29 is 122 Å². The second-order valence-electron chi connectivity index (χ2n) is 34.7. The van der Waals surface area contributed by atoms with E-state index in [9.17, 15) is 95.9 Å². The molecule has 0 spiro atoms. The highest BCUT2D eigenvalue weighted by Gasteiger charge is 2.46. The molecule has 0 radical (unpaired) electrons. The molecule has 764 valence electrons. The first kappa shape index (κ1) is 107. The molecular formula is C91H97ClF4N20O23S5. The SMILES string of the molecule is Cc1ccc(F)c(Cn2ccc(C(=O)c3cncnc3C[C@@H]3C[C@H](COS(N)(=O)=O)[C@@H](O)[C@H]3O)n2)c1.NS(=O)(=O)OC[C@H]1C[C@@H](Cc2ncncc2C(=O)c2ccn(Cc3cccc(Oc4ccc(F)cc4)c3)n2)C[C@@H]1O.NS(=O)(=O)OC[C@H]1C[C@@H](Cc2ncncc2C(=O)c2ccn(Cc3sccc3Cl)n2)C[C@@H]1O.NS(=O)(=O)OC[C@H]1C[C@@H](Nc2ncncc2C(=O)c2ccn(Cc3ccc(F)o3)c2)[C@@H](F)[C@@H]1O. The van der Waals surface area contributed by atoms with E-state index < -0.39 is 132 Å². The zero-order valence-corrected chi connectivity index (χ0v) is 81.0. The van der Waals surface area contributed by atoms with Crippen molar-refractivity contribution >= 4 is 93.1 Å². The lowest BCUT2D eigenvalue weighted by Crippen LogP contribution is -2.33. The number of aryl methyl sites for hydroxylation is 1. The number of carbonyl (C=O) groups is 4. The predicted molar refractivity (Wildman–Crippen MR) is 503 cm³/mol. The third-order valence-electron chi connectivity index (χ3n) is 24.2. The van der Waals surface area contributed by atoms with Crippen LogP contribution in [0.2, 0.25) is 5.02 Å². The summed E-state index contributed by atoms with van der Waals surface area (Å²) >= 11 is 7.66. The molecule has 10 heterocycles. The monoisotopic (exact) mass is 2110 g/mol. The fourth-order valence-corrected chi connectivity index (χ4v) is 19.8. The van der Waals surface area contributed by atoms with Crippen LogP contribution in [0.4, 0.5) is 23.4 Å². The number of furan rings is 1. The number of nitrogens with zero attached hydrogens (tertiary/aromatic N) is 15. The van der Waals surface area contributed by atoms with Gasteiger partial charge in [0.25, 0.3) is 6.01 Å². The maximum atomic E-state index is 14.7. The highest BCUT2D eigenvalue weighted by atomic mass is 35.5. The van der Waals surface area contributed by atoms with E-state index in [1.807, 2.05) is 36.6 Å². The molecule has 17 rings (SSSR count). The highest BCUT2D eigenvalue weighted by Crippen LogP contribution is 2.40. The van der Waals surface area contributed by atoms with Crippen LogP contribution < -0.4 is 30.6 Å². The summed E-state index contributed by atoms with van der Waals surface area (Å²) < 4.78 is 179. The Morgan fingerprint density at radius 3 is 1.51 bits per heavy atom. The lowest BCUT2D eigenvalue weighted by molar-refractivity contribution is -0.00334. The van der Waals surface area contributed by atoms with Gasteiger partial charge in [0.1, 0.15) is 83.3 Å². The molecule has 0 saturated heterocycles. The van der Waals surface area contributed by atoms with Crippen LogP contribution in [0.1, 0.15) is 147 Å². The molecule has 13 aromatic rings. The number of thiophene rings is 1. The molecule has 14 N–H and O–H groups in total. The van der Waals surface area contributed by atoms with Crippen LogP contribution in [0, 0.1) is 66.0 Å². The van der Waals surface area contributed by atoms with Gasteiger partial charge in [-0.25, -0.2) is 73.6 Å². The molecule has 0 bridgehead atoms. The van der Waals surface area contributed by atoms with Gasteiger partial charge >= 0.3 is 41.2 Å². The number of hydrogen-bond donors (Lipinski definition) is 10. The van der Waals surface area contributed by atoms with Gasteiger partial charge in [-0.15, -0.1) is 11.3 Å². The van der Waals surface area contributed by atoms with Gasteiger partial charge in [-0.3, -0.25) is 50.0 Å². The van der Waals surface area contributed by atoms with E-state index in [2.05, 4.69) is 77.2 Å². The number of ketones is 4. The minimum absolute atomic E-state index is 0.00550. The van der Waals surface area contributed by atoms with Gasteiger partial charge in [0.05, 0.1) is 134 Å². The average molecular weight is 2110 g/mol. The summed E-state index contributed by atoms with van der Waals surface area (Å²) in [6, 6.07) is 27.0. The van der Waals surface area contributed by atoms with E-state index in [4.69, 9.17) is 41.3 Å². The summed E-state index contributed by atoms with van der Waals surface area (Å²) in [5, 5.41) is 89.5. The number of nitrogens with one attached hydrogen (secondary N) is 1. The number of halogens is 5. The molecule has 144 heavy (non-hydrogen) atoms. The smallest absolute Gasteiger partial charge is 0.333 e. The van der Waals surface area contributed by atoms with Gasteiger partial charge in [-0.1, -0.05) is 41.4 Å². The van der Waals surface area contributed by atoms with E-state index >= 15 is 0 Å². The largest absolute Gasteiger partial charge is 0.457 e. The van der Waals surface area contributed by atoms with E-state index in [0.29, 0.717) is 108 Å². The molecule has 4 aliphatic rings. The van der Waals surface area contributed by atoms with Crippen LogP contribution >= 0.6 is 22.9 Å². The molecular weight excluding hydrogens is 2010 g/mol. The number of benzene rings is 3. The first-order valence-corrected chi connectivity index (χ1v) is 51.4. The Morgan fingerprint density at radius 1 is 0.500 bits per heavy atom. The number of aliphatic hydroxyl groups is 5. The zero-order chi connectivity index (χ0) is 103. The van der Waals surface area contributed by atoms with E-state index in [1.165, 1.54) is 109 Å². The fourth-order valence-electron chi connectivity index (χ4n) is 17.2. The van der Waals surface area contributed by atoms with Gasteiger partial charge in [-0.2, -0.15) is 53.4 Å². The highest BCUT2D eigenvalue weighted by molar-refractivity contribution is 7.85. The number of ether oxygens (including phenoxy) is 1. The molecule has 0 amide bonds. The van der Waals surface area contributed by atoms with Gasteiger partial charge in [-0.05, 0) is 172 Å². The van der Waals surface area contributed by atoms with Gasteiger partial charge in [0, 0.05) is 102 Å². The molecule has 4 fully saturated rings. The first-order valence-electron chi connectivity index (χ1n) is 44.3. The van der Waals surface area contributed by atoms with Crippen LogP contribution in [0.25, 0.3) is 0 Å². The normalized spacial score (nSPS) is 21.0. The maximum Gasteiger partial charge on any atom is 0.333 e. The minimum atomic E-state index is -4.24. The number of alkyl halides is 1. The molecule has 10 aromatic heterocycles. The Bertz CT molecular complexity index is 7190. The second kappa shape index (κ2) is 47.5. The average Bonchev–Trinajstić information content (AvgIpc) is 1.67. The van der Waals surface area contributed by atoms with Crippen LogP contribution in [0.3, 0.4) is 0 Å². The van der Waals surface area contributed by atoms with E-state index in [-0.39, 0.29) is 133 Å². The van der Waals surface area contributed by atoms with E-state index in [0.717, 1.165) is 16.0 Å². The van der Waals surface area contributed by atoms with Crippen LogP contribution in [-0.4, -0.2) is 225 Å². The third-order valence-corrected chi connectivity index (χ3v) is 27.4. The number of aliphatic hydroxyl groups excluding tert-OH is 5. The summed E-state index contributed by atoms with van der Waals surface area (Å²) in [6.07, 6.45) is 14.8. The summed E-state index contributed by atoms with van der Waals surface area (Å²) in [5.41, 5.74) is 5.44. The molecule has 53 heteroatoms. The standard InChI is InChI=1S/C28H28FN5O6S.C23H26FN5O6S.C20H22ClN5O5S2.C20H21F2N5O6S/c29-21-4-6-22(7-5-21)40-23-3-1-2-18(11-23)15-34-9-8-25(33-34)28(36)24-14-31-17-32-26(24)12-19-10-20(27(35)13-19)16-39-41(30,37)38;1-13-2-3-18(24)15(6-13)10-29-5-4-19(28-29)23(32)17-9-26-12-27-20(17)8-14-7-16(22(31)21(14)30)11-35-36(25,33)34;21-15-2-4-32-19(15)9-26-3-1-16(25-26)20(28)14-8-23-11-24-17(14)6-12-5-13(18(27)7-12)10-31-33(22,29)30;21-16-2-1-13(33-16)8-27-4-3-11(7-27)18(28)14-6-24-10-25-20(14)26-15-5-12(19(29)17(15)22)9-32-34(23,30)31/h1-9,11,14,17,19-20,27,35H,10,12-13,15-16H2,(H2,30,37,38);2-6,9,12,14,16,21-22,30-31H,7-8,10-11H2,1H3,(H2,25,33,34);1-4,8,11-13,18,27H,5-7,9-10H2,(H2,22,29,30);1-4,6-7,10,12,15,17,19,29H,5,8-9H2,(H2,23,30,31)(H,24,25,26)/t19-,20+,27-;14-,16+,21-,22+;12-,13+,18-;12-,15-,17-,19-/m0001/s1. The Balaban J connectivity index is 0.000000153. The summed E-state index contributed by atoms with van der Waals surface area (Å²) in [4.78, 5) is 86.4. The van der Waals surface area contributed by atoms with E-state index in [1.54, 1.807) is 87.2 Å². The Hall–Kier alpha value is -12.6. The van der Waals surface area contributed by atoms with Gasteiger partial charge in [0.15, 0.2) is 5.78 Å². The predicted octanol–water partition coefficient (Wildman–Crippen LogP) is 6.38. The Kier molecular flexibility index (Phi) is 35.4. The van der Waals surface area contributed by atoms with Crippen molar-refractivity contribution in [3.05, 3.63) is 308 Å². The fraction of sp³-hybridized carbons (Fsp3) is 0.352. The van der Waals surface area contributed by atoms with Crippen molar-refractivity contribution in [1.82, 2.24) is 73.8 Å². The molecule has 0 unspecified atom stereocenters. The molecule has 14 atom stereocenters. The lowest BCUT2D eigenvalue weighted by atomic mass is 9.95. The molecule has 43 nitrogen and oxygen atoms in total. The van der Waals surface area contributed by atoms with Crippen molar-refractivity contribution in [3.8, 4) is 11.5 Å². The third kappa shape index (κ3) is 29.9. The number of hydrogen-bond acceptors (Lipinski definition) is 36. The number of nitrogens with two attached hydrogens (primary N) is 4. The van der Waals surface area contributed by atoms with Crippen molar-refractivity contribution in [1.29, 1.82) is 0 Å². The Labute approximate surface area is 830 Å². The maximum absolute atomic E-state index is 14.7. The van der Waals surface area contributed by atoms with Gasteiger partial charge in [0.2, 0.25) is 17.3 Å². The van der Waals surface area contributed by atoms with Crippen molar-refractivity contribution in [2.75, 3.05) is 31.7 Å². The molecule has 3 aromatic carbocycles. The van der Waals surface area contributed by atoms with Crippen LogP contribution in [0.5, 0.6) is 11.5 Å². The molecule has 0 aliphatic heterocycles. The number of anilines is 1. The summed E-state index contributed by atoms with van der Waals surface area (Å²) in [6.45, 7) is 1.81. The van der Waals surface area contributed by atoms with Crippen molar-refractivity contribution in [2.45, 2.75) is 134 Å². The lowest BCUT2D eigenvalue weighted by Gasteiger charge is -2.18. The van der Waals surface area contributed by atoms with Crippen LogP contribution in [0.15, 0.2) is 200 Å². The number of aromatic nitrogens is 15. The van der Waals surface area contributed by atoms with Gasteiger partial charge < -0.3 is 44.6 Å². The minimum Gasteiger partial charge on any atom is -0.457 e. The quantitative estimate of drug-likeness (QED) is 0.0148. The molecule has 4 saturated carbocycles. The number of rotatable bonds is 38.